The van der Waals surface area contributed by atoms with E-state index in [1.165, 1.54) is 0 Å². The second kappa shape index (κ2) is 13.2. The second-order valence-corrected chi connectivity index (χ2v) is 10.1. The molecule has 0 aromatic carbocycles. The van der Waals surface area contributed by atoms with Crippen LogP contribution >= 0.6 is 22.6 Å². The summed E-state index contributed by atoms with van der Waals surface area (Å²) in [6.07, 6.45) is -7.63. The predicted octanol–water partition coefficient (Wildman–Crippen LogP) is 9.24. The number of hydrogen-bond donors (Lipinski definition) is 0. The summed E-state index contributed by atoms with van der Waals surface area (Å²) in [6, 6.07) is 0. The van der Waals surface area contributed by atoms with Gasteiger partial charge in [0.05, 0.1) is 6.61 Å². The zero-order valence-corrected chi connectivity index (χ0v) is 21.7. The fourth-order valence-corrected chi connectivity index (χ4v) is 4.08. The van der Waals surface area contributed by atoms with Crippen molar-refractivity contribution < 1.29 is 75.4 Å². The monoisotopic (exact) mass is 708 g/mol. The zero-order valence-electron chi connectivity index (χ0n) is 19.5. The van der Waals surface area contributed by atoms with E-state index in [9.17, 15) is 70.7 Å². The molecule has 1 atom stereocenters. The molecule has 0 aliphatic carbocycles. The number of esters is 1. The van der Waals surface area contributed by atoms with Gasteiger partial charge in [-0.1, -0.05) is 54.7 Å². The summed E-state index contributed by atoms with van der Waals surface area (Å²) >= 11 is 1.07. The number of rotatable bonds is 17. The first kappa shape index (κ1) is 37.1. The van der Waals surface area contributed by atoms with E-state index in [1.807, 2.05) is 0 Å². The zero-order chi connectivity index (χ0) is 30.4. The number of hydrogen-bond acceptors (Lipinski definition) is 2. The number of carbonyl (C=O) groups excluding carboxylic acids is 1. The van der Waals surface area contributed by atoms with E-state index in [0.717, 1.165) is 22.6 Å². The van der Waals surface area contributed by atoms with Crippen molar-refractivity contribution in [2.75, 3.05) is 6.61 Å². The molecule has 0 radical (unpaired) electrons. The normalized spacial score (nSPS) is 15.5. The second-order valence-electron chi connectivity index (χ2n) is 8.34. The third kappa shape index (κ3) is 7.87. The molecule has 0 aromatic rings. The molecule has 0 heterocycles. The molecule has 0 bridgehead atoms. The standard InChI is InChI=1S/C20H24F15IO2/c1-2-38-13(37)10-8-6-4-3-5-7-9-12(36)11-14(21,22)15(23,24)16(25,26)17(27,28)18(29,30)19(31,32)20(33,34)35/h12H,2-11H2,1H3. The van der Waals surface area contributed by atoms with Crippen LogP contribution in [0.2, 0.25) is 0 Å². The van der Waals surface area contributed by atoms with Crippen molar-refractivity contribution in [3.05, 3.63) is 0 Å². The largest absolute Gasteiger partial charge is 0.466 e. The molecule has 18 heteroatoms. The first-order valence-corrected chi connectivity index (χ1v) is 12.2. The summed E-state index contributed by atoms with van der Waals surface area (Å²) in [5.41, 5.74) is 0. The maximum atomic E-state index is 14.0. The lowest BCUT2D eigenvalue weighted by atomic mass is 9.89. The predicted molar refractivity (Wildman–Crippen MR) is 112 cm³/mol. The van der Waals surface area contributed by atoms with Crippen LogP contribution in [0.5, 0.6) is 0 Å². The lowest BCUT2D eigenvalue weighted by Gasteiger charge is -2.41. The molecule has 0 saturated carbocycles. The molecule has 38 heavy (non-hydrogen) atoms. The third-order valence-electron chi connectivity index (χ3n) is 5.32. The van der Waals surface area contributed by atoms with Crippen molar-refractivity contribution >= 4 is 28.6 Å². The maximum Gasteiger partial charge on any atom is 0.460 e. The highest BCUT2D eigenvalue weighted by molar-refractivity contribution is 14.1. The topological polar surface area (TPSA) is 26.3 Å². The lowest BCUT2D eigenvalue weighted by molar-refractivity contribution is -0.452. The highest BCUT2D eigenvalue weighted by Crippen LogP contribution is 2.62. The van der Waals surface area contributed by atoms with Crippen molar-refractivity contribution in [2.45, 2.75) is 110 Å². The van der Waals surface area contributed by atoms with E-state index in [2.05, 4.69) is 0 Å². The highest BCUT2D eigenvalue weighted by Gasteiger charge is 2.93. The van der Waals surface area contributed by atoms with Gasteiger partial charge in [-0.15, -0.1) is 0 Å². The Balaban J connectivity index is 5.21. The summed E-state index contributed by atoms with van der Waals surface area (Å²) in [6.45, 7) is 1.83. The van der Waals surface area contributed by atoms with Gasteiger partial charge < -0.3 is 4.74 Å². The summed E-state index contributed by atoms with van der Waals surface area (Å²) in [7, 11) is 0. The molecule has 0 aliphatic rings. The Morgan fingerprint density at radius 1 is 0.632 bits per heavy atom. The lowest BCUT2D eigenvalue weighted by Crippen LogP contribution is -2.72. The molecular weight excluding hydrogens is 684 g/mol. The smallest absolute Gasteiger partial charge is 0.460 e. The van der Waals surface area contributed by atoms with Gasteiger partial charge in [0.25, 0.3) is 0 Å². The SMILES string of the molecule is CCOC(=O)CCCCCCCCC(I)CC(F)(F)C(F)(F)C(F)(F)C(F)(F)C(F)(F)C(F)(F)C(F)(F)F. The Bertz CT molecular complexity index is 753. The minimum absolute atomic E-state index is 0.0512. The molecule has 2 nitrogen and oxygen atoms in total. The van der Waals surface area contributed by atoms with E-state index >= 15 is 0 Å². The van der Waals surface area contributed by atoms with Crippen LogP contribution in [-0.2, 0) is 9.53 Å². The summed E-state index contributed by atoms with van der Waals surface area (Å²) in [5, 5.41) is 0. The van der Waals surface area contributed by atoms with Gasteiger partial charge in [-0.3, -0.25) is 4.79 Å². The van der Waals surface area contributed by atoms with Crippen LogP contribution in [0.3, 0.4) is 0 Å². The summed E-state index contributed by atoms with van der Waals surface area (Å²) in [5.74, 6) is -46.5. The van der Waals surface area contributed by atoms with Crippen LogP contribution in [0, 0.1) is 0 Å². The van der Waals surface area contributed by atoms with E-state index in [1.54, 1.807) is 6.92 Å². The van der Waals surface area contributed by atoms with Gasteiger partial charge in [-0.25, -0.2) is 0 Å². The molecule has 1 unspecified atom stereocenters. The molecule has 0 amide bonds. The van der Waals surface area contributed by atoms with Crippen molar-refractivity contribution in [3.63, 3.8) is 0 Å². The van der Waals surface area contributed by atoms with E-state index in [0.29, 0.717) is 32.1 Å². The van der Waals surface area contributed by atoms with Gasteiger partial charge in [-0.2, -0.15) is 65.9 Å². The van der Waals surface area contributed by atoms with Gasteiger partial charge in [-0.05, 0) is 19.8 Å². The number of halogens is 16. The fraction of sp³-hybridized carbons (Fsp3) is 0.950. The van der Waals surface area contributed by atoms with Crippen molar-refractivity contribution in [2.24, 2.45) is 0 Å². The summed E-state index contributed by atoms with van der Waals surface area (Å²) < 4.78 is 201. The maximum absolute atomic E-state index is 14.0. The molecule has 0 N–H and O–H groups in total. The Kier molecular flexibility index (Phi) is 12.9. The van der Waals surface area contributed by atoms with E-state index in [-0.39, 0.29) is 25.9 Å². The summed E-state index contributed by atoms with van der Waals surface area (Å²) in [4.78, 5) is 11.1. The van der Waals surface area contributed by atoms with Gasteiger partial charge in [0.2, 0.25) is 0 Å². The number of alkyl halides is 16. The van der Waals surface area contributed by atoms with E-state index < -0.39 is 58.0 Å². The Hall–Kier alpha value is -0.850. The number of ether oxygens (including phenoxy) is 1. The van der Waals surface area contributed by atoms with Crippen molar-refractivity contribution in [1.82, 2.24) is 0 Å². The first-order chi connectivity index (χ1) is 16.8. The average Bonchev–Trinajstić information content (AvgIpc) is 2.73. The van der Waals surface area contributed by atoms with Crippen LogP contribution < -0.4 is 0 Å². The van der Waals surface area contributed by atoms with Crippen LogP contribution in [0.4, 0.5) is 65.9 Å². The minimum atomic E-state index is -8.25. The minimum Gasteiger partial charge on any atom is -0.466 e. The Labute approximate surface area is 221 Å². The molecule has 0 rings (SSSR count). The molecule has 0 aliphatic heterocycles. The third-order valence-corrected chi connectivity index (χ3v) is 6.39. The average molecular weight is 708 g/mol. The van der Waals surface area contributed by atoms with Gasteiger partial charge in [0.15, 0.2) is 0 Å². The van der Waals surface area contributed by atoms with Crippen LogP contribution in [0.15, 0.2) is 0 Å². The molecule has 0 fully saturated rings. The Morgan fingerprint density at radius 2 is 1.03 bits per heavy atom. The van der Waals surface area contributed by atoms with Crippen LogP contribution in [0.1, 0.15) is 64.7 Å². The van der Waals surface area contributed by atoms with Gasteiger partial charge in [0, 0.05) is 16.8 Å². The van der Waals surface area contributed by atoms with Gasteiger partial charge in [0.1, 0.15) is 0 Å². The molecular formula is C20H24F15IO2. The van der Waals surface area contributed by atoms with Crippen LogP contribution in [-0.4, -0.2) is 58.2 Å². The van der Waals surface area contributed by atoms with Crippen molar-refractivity contribution in [3.8, 4) is 0 Å². The fourth-order valence-electron chi connectivity index (χ4n) is 3.08. The molecule has 228 valence electrons. The van der Waals surface area contributed by atoms with Crippen molar-refractivity contribution in [1.29, 1.82) is 0 Å². The van der Waals surface area contributed by atoms with Gasteiger partial charge >= 0.3 is 47.7 Å². The quantitative estimate of drug-likeness (QED) is 0.0496. The number of carbonyl (C=O) groups is 1. The van der Waals surface area contributed by atoms with Crippen LogP contribution in [0.25, 0.3) is 0 Å². The highest BCUT2D eigenvalue weighted by atomic mass is 127. The Morgan fingerprint density at radius 3 is 1.47 bits per heavy atom. The molecule has 0 saturated heterocycles. The molecule has 0 aromatic heterocycles. The first-order valence-electron chi connectivity index (χ1n) is 11.0. The molecule has 0 spiro atoms. The number of unbranched alkanes of at least 4 members (excludes halogenated alkanes) is 5. The van der Waals surface area contributed by atoms with E-state index in [4.69, 9.17) is 4.74 Å².